The second kappa shape index (κ2) is 8.62. The monoisotopic (exact) mass is 393 g/mol. The van der Waals surface area contributed by atoms with E-state index in [1.165, 1.54) is 48.8 Å². The lowest BCUT2D eigenvalue weighted by molar-refractivity contribution is 0.0212. The Bertz CT molecular complexity index is 786. The Morgan fingerprint density at radius 3 is 2.11 bits per heavy atom. The maximum Gasteiger partial charge on any atom is 0.170 e. The first-order valence-corrected chi connectivity index (χ1v) is 10.9. The van der Waals surface area contributed by atoms with E-state index in [0.29, 0.717) is 18.1 Å². The van der Waals surface area contributed by atoms with E-state index in [0.717, 1.165) is 17.3 Å². The van der Waals surface area contributed by atoms with E-state index in [9.17, 15) is 0 Å². The summed E-state index contributed by atoms with van der Waals surface area (Å²) in [4.78, 5) is 2.75. The Morgan fingerprint density at radius 1 is 0.929 bits per heavy atom. The number of fused-ring (bicyclic) bond motifs is 2. The van der Waals surface area contributed by atoms with Gasteiger partial charge >= 0.3 is 0 Å². The molecule has 2 aliphatic heterocycles. The lowest BCUT2D eigenvalue weighted by Crippen LogP contribution is -2.56. The summed E-state index contributed by atoms with van der Waals surface area (Å²) in [5.74, 6) is 0. The molecule has 2 heterocycles. The molecule has 2 unspecified atom stereocenters. The molecule has 4 heteroatoms. The summed E-state index contributed by atoms with van der Waals surface area (Å²) in [6.45, 7) is 5.33. The number of benzene rings is 2. The van der Waals surface area contributed by atoms with E-state index in [1.807, 2.05) is 0 Å². The Kier molecular flexibility index (Phi) is 5.98. The Labute approximate surface area is 174 Å². The van der Waals surface area contributed by atoms with Gasteiger partial charge in [0, 0.05) is 30.4 Å². The molecule has 0 aromatic heterocycles. The minimum absolute atomic E-state index is 0.468. The van der Waals surface area contributed by atoms with Gasteiger partial charge in [0.05, 0.1) is 0 Å². The van der Waals surface area contributed by atoms with Crippen LogP contribution in [0.2, 0.25) is 0 Å². The van der Waals surface area contributed by atoms with E-state index in [4.69, 9.17) is 12.2 Å². The molecule has 2 N–H and O–H groups in total. The largest absolute Gasteiger partial charge is 0.360 e. The van der Waals surface area contributed by atoms with E-state index in [1.54, 1.807) is 0 Å². The number of hydrogen-bond acceptors (Lipinski definition) is 2. The molecule has 2 bridgehead atoms. The summed E-state index contributed by atoms with van der Waals surface area (Å²) in [5.41, 5.74) is 5.09. The maximum atomic E-state index is 5.59. The van der Waals surface area contributed by atoms with Crippen molar-refractivity contribution >= 4 is 23.0 Å². The van der Waals surface area contributed by atoms with Crippen LogP contribution < -0.4 is 10.6 Å². The van der Waals surface area contributed by atoms with Crippen molar-refractivity contribution in [3.8, 4) is 0 Å². The number of rotatable bonds is 4. The van der Waals surface area contributed by atoms with Crippen LogP contribution in [0.3, 0.4) is 0 Å². The van der Waals surface area contributed by atoms with E-state index in [-0.39, 0.29) is 0 Å². The SMILES string of the molecule is Cc1ccc(CN2C3CCCC2CC(NC(=S)Nc2ccc(C)cc2)C3)cc1. The number of nitrogens with zero attached hydrogens (tertiary/aromatic N) is 1. The van der Waals surface area contributed by atoms with Gasteiger partial charge in [0.1, 0.15) is 0 Å². The molecule has 2 aromatic rings. The van der Waals surface area contributed by atoms with Crippen molar-refractivity contribution in [3.05, 3.63) is 65.2 Å². The Balaban J connectivity index is 1.35. The van der Waals surface area contributed by atoms with Crippen LogP contribution in [0.25, 0.3) is 0 Å². The van der Waals surface area contributed by atoms with Gasteiger partial charge in [0.15, 0.2) is 5.11 Å². The van der Waals surface area contributed by atoms with Gasteiger partial charge in [0.25, 0.3) is 0 Å². The van der Waals surface area contributed by atoms with Crippen molar-refractivity contribution in [1.82, 2.24) is 10.2 Å². The molecular weight excluding hydrogens is 362 g/mol. The minimum Gasteiger partial charge on any atom is -0.360 e. The fourth-order valence-corrected chi connectivity index (χ4v) is 5.03. The third kappa shape index (κ3) is 4.73. The van der Waals surface area contributed by atoms with Crippen LogP contribution in [-0.2, 0) is 6.54 Å². The normalized spacial score (nSPS) is 24.6. The topological polar surface area (TPSA) is 27.3 Å². The molecule has 2 aliphatic rings. The number of hydrogen-bond donors (Lipinski definition) is 2. The molecule has 0 saturated carbocycles. The zero-order chi connectivity index (χ0) is 19.5. The number of nitrogens with one attached hydrogen (secondary N) is 2. The molecule has 148 valence electrons. The van der Waals surface area contributed by atoms with E-state index >= 15 is 0 Å². The molecule has 2 atom stereocenters. The number of anilines is 1. The van der Waals surface area contributed by atoms with E-state index < -0.39 is 0 Å². The number of piperidine rings is 2. The predicted molar refractivity (Wildman–Crippen MR) is 122 cm³/mol. The van der Waals surface area contributed by atoms with Crippen molar-refractivity contribution in [2.45, 2.75) is 70.6 Å². The van der Waals surface area contributed by atoms with Gasteiger partial charge in [-0.3, -0.25) is 4.90 Å². The second-order valence-corrected chi connectivity index (χ2v) is 8.94. The van der Waals surface area contributed by atoms with Crippen LogP contribution in [-0.4, -0.2) is 28.1 Å². The summed E-state index contributed by atoms with van der Waals surface area (Å²) in [6, 6.07) is 19.2. The maximum absolute atomic E-state index is 5.59. The van der Waals surface area contributed by atoms with Crippen LogP contribution in [0.4, 0.5) is 5.69 Å². The zero-order valence-corrected chi connectivity index (χ0v) is 17.8. The van der Waals surface area contributed by atoms with Crippen molar-refractivity contribution in [2.24, 2.45) is 0 Å². The first-order valence-electron chi connectivity index (χ1n) is 10.5. The van der Waals surface area contributed by atoms with E-state index in [2.05, 4.69) is 77.9 Å². The van der Waals surface area contributed by atoms with Crippen LogP contribution in [0, 0.1) is 13.8 Å². The fourth-order valence-electron chi connectivity index (χ4n) is 4.75. The highest BCUT2D eigenvalue weighted by Gasteiger charge is 2.38. The van der Waals surface area contributed by atoms with Gasteiger partial charge < -0.3 is 10.6 Å². The number of aryl methyl sites for hydroxylation is 2. The van der Waals surface area contributed by atoms with Crippen molar-refractivity contribution in [2.75, 3.05) is 5.32 Å². The quantitative estimate of drug-likeness (QED) is 0.700. The second-order valence-electron chi connectivity index (χ2n) is 8.53. The molecule has 28 heavy (non-hydrogen) atoms. The summed E-state index contributed by atoms with van der Waals surface area (Å²) in [6.07, 6.45) is 6.33. The molecular formula is C24H31N3S. The van der Waals surface area contributed by atoms with Gasteiger partial charge in [-0.25, -0.2) is 0 Å². The third-order valence-electron chi connectivity index (χ3n) is 6.26. The molecule has 0 spiro atoms. The van der Waals surface area contributed by atoms with Gasteiger partial charge in [-0.1, -0.05) is 53.9 Å². The fraction of sp³-hybridized carbons (Fsp3) is 0.458. The molecule has 4 rings (SSSR count). The summed E-state index contributed by atoms with van der Waals surface area (Å²) < 4.78 is 0. The van der Waals surface area contributed by atoms with Gasteiger partial charge in [-0.05, 0) is 69.4 Å². The highest BCUT2D eigenvalue weighted by molar-refractivity contribution is 7.80. The highest BCUT2D eigenvalue weighted by atomic mass is 32.1. The molecule has 0 aliphatic carbocycles. The predicted octanol–water partition coefficient (Wildman–Crippen LogP) is 5.18. The number of thiocarbonyl (C=S) groups is 1. The summed E-state index contributed by atoms with van der Waals surface area (Å²) >= 11 is 5.59. The van der Waals surface area contributed by atoms with Crippen LogP contribution in [0.1, 0.15) is 48.8 Å². The first kappa shape index (κ1) is 19.4. The van der Waals surface area contributed by atoms with Crippen molar-refractivity contribution in [1.29, 1.82) is 0 Å². The van der Waals surface area contributed by atoms with Gasteiger partial charge in [-0.15, -0.1) is 0 Å². The third-order valence-corrected chi connectivity index (χ3v) is 6.48. The Morgan fingerprint density at radius 2 is 1.50 bits per heavy atom. The van der Waals surface area contributed by atoms with Crippen molar-refractivity contribution in [3.63, 3.8) is 0 Å². The average molecular weight is 394 g/mol. The standard InChI is InChI=1S/C24H31N3S/c1-17-6-10-19(11-7-17)16-27-22-4-3-5-23(27)15-21(14-22)26-24(28)25-20-12-8-18(2)9-13-20/h6-13,21-23H,3-5,14-16H2,1-2H3,(H2,25,26,28). The lowest BCUT2D eigenvalue weighted by Gasteiger charge is -2.49. The van der Waals surface area contributed by atoms with Gasteiger partial charge in [0.2, 0.25) is 0 Å². The summed E-state index contributed by atoms with van der Waals surface area (Å²) in [7, 11) is 0. The van der Waals surface area contributed by atoms with Crippen LogP contribution in [0.15, 0.2) is 48.5 Å². The molecule has 2 fully saturated rings. The molecule has 2 aromatic carbocycles. The smallest absolute Gasteiger partial charge is 0.170 e. The van der Waals surface area contributed by atoms with Crippen LogP contribution >= 0.6 is 12.2 Å². The lowest BCUT2D eigenvalue weighted by atomic mass is 9.81. The molecule has 0 radical (unpaired) electrons. The highest BCUT2D eigenvalue weighted by Crippen LogP contribution is 2.35. The van der Waals surface area contributed by atoms with Crippen LogP contribution in [0.5, 0.6) is 0 Å². The molecule has 0 amide bonds. The first-order chi connectivity index (χ1) is 13.6. The van der Waals surface area contributed by atoms with Gasteiger partial charge in [-0.2, -0.15) is 0 Å². The minimum atomic E-state index is 0.468. The molecule has 3 nitrogen and oxygen atoms in total. The zero-order valence-electron chi connectivity index (χ0n) is 16.9. The Hall–Kier alpha value is -1.91. The van der Waals surface area contributed by atoms with Crippen molar-refractivity contribution < 1.29 is 0 Å². The molecule has 2 saturated heterocycles. The summed E-state index contributed by atoms with van der Waals surface area (Å²) in [5, 5.41) is 7.69. The average Bonchev–Trinajstić information content (AvgIpc) is 2.66.